The van der Waals surface area contributed by atoms with Crippen molar-refractivity contribution in [2.75, 3.05) is 26.4 Å². The molecule has 0 spiro atoms. The number of hydrogen-bond acceptors (Lipinski definition) is 10. The first-order valence-electron chi connectivity index (χ1n) is 12.4. The zero-order chi connectivity index (χ0) is 27.3. The fourth-order valence-corrected chi connectivity index (χ4v) is 4.96. The fraction of sp³-hybridized carbons (Fsp3) is 0.481. The lowest BCUT2D eigenvalue weighted by molar-refractivity contribution is -0.153. The van der Waals surface area contributed by atoms with Crippen LogP contribution in [-0.2, 0) is 38.1 Å². The second kappa shape index (κ2) is 11.9. The zero-order valence-corrected chi connectivity index (χ0v) is 21.3. The maximum absolute atomic E-state index is 13.4. The van der Waals surface area contributed by atoms with Crippen LogP contribution in [0.5, 0.6) is 0 Å². The zero-order valence-electron chi connectivity index (χ0n) is 21.3. The van der Waals surface area contributed by atoms with Crippen LogP contribution in [0.4, 0.5) is 0 Å². The molecular formula is C27H32O10. The molecule has 0 unspecified atom stereocenters. The van der Waals surface area contributed by atoms with E-state index in [0.29, 0.717) is 17.5 Å². The van der Waals surface area contributed by atoms with E-state index in [4.69, 9.17) is 18.9 Å². The summed E-state index contributed by atoms with van der Waals surface area (Å²) in [5.41, 5.74) is -0.125. The van der Waals surface area contributed by atoms with Gasteiger partial charge in [0, 0.05) is 5.92 Å². The molecule has 2 bridgehead atoms. The van der Waals surface area contributed by atoms with E-state index < -0.39 is 70.2 Å². The molecule has 0 aliphatic heterocycles. The van der Waals surface area contributed by atoms with Crippen molar-refractivity contribution in [1.29, 1.82) is 0 Å². The van der Waals surface area contributed by atoms with Crippen LogP contribution in [0.1, 0.15) is 57.1 Å². The summed E-state index contributed by atoms with van der Waals surface area (Å²) in [6.45, 7) is 6.34. The van der Waals surface area contributed by atoms with Gasteiger partial charge in [0.1, 0.15) is 23.4 Å². The standard InChI is InChI=1S/C27H32O10/c1-5-13-37-27(33)21-17-15-12-10-9-11-14(15)16(19(23(21)29)25(31)35-7-3)18(24(30)34-6-2)22(28)20(17)26(32)36-8-4/h9-12,16-19,28-29H,5-8,13H2,1-4H3/t16-,17-,18+,19+/m0/s1. The summed E-state index contributed by atoms with van der Waals surface area (Å²) in [5, 5.41) is 23.1. The molecular weight excluding hydrogens is 484 g/mol. The summed E-state index contributed by atoms with van der Waals surface area (Å²) >= 11 is 0. The summed E-state index contributed by atoms with van der Waals surface area (Å²) in [5.74, 6) is -11.0. The Morgan fingerprint density at radius 2 is 1.16 bits per heavy atom. The molecule has 2 aliphatic carbocycles. The van der Waals surface area contributed by atoms with Crippen LogP contribution in [-0.4, -0.2) is 60.5 Å². The molecule has 3 rings (SSSR count). The second-order valence-electron chi connectivity index (χ2n) is 8.50. The predicted octanol–water partition coefficient (Wildman–Crippen LogP) is 3.38. The molecule has 2 aliphatic rings. The van der Waals surface area contributed by atoms with Gasteiger partial charge in [-0.2, -0.15) is 0 Å². The number of ether oxygens (including phenoxy) is 4. The summed E-state index contributed by atoms with van der Waals surface area (Å²) in [7, 11) is 0. The van der Waals surface area contributed by atoms with Gasteiger partial charge in [0.25, 0.3) is 0 Å². The normalized spacial score (nSPS) is 22.5. The third-order valence-corrected chi connectivity index (χ3v) is 6.34. The Balaban J connectivity index is 2.48. The number of carbonyl (C=O) groups is 4. The minimum Gasteiger partial charge on any atom is -0.511 e. The molecule has 0 saturated carbocycles. The Labute approximate surface area is 214 Å². The number of benzene rings is 1. The van der Waals surface area contributed by atoms with E-state index in [1.165, 1.54) is 0 Å². The number of carbonyl (C=O) groups excluding carboxylic acids is 4. The third-order valence-electron chi connectivity index (χ3n) is 6.34. The fourth-order valence-electron chi connectivity index (χ4n) is 4.96. The summed E-state index contributed by atoms with van der Waals surface area (Å²) in [4.78, 5) is 53.2. The number of aliphatic hydroxyl groups is 2. The van der Waals surface area contributed by atoms with E-state index in [9.17, 15) is 29.4 Å². The Morgan fingerprint density at radius 3 is 1.62 bits per heavy atom. The monoisotopic (exact) mass is 516 g/mol. The van der Waals surface area contributed by atoms with Gasteiger partial charge in [-0.25, -0.2) is 9.59 Å². The van der Waals surface area contributed by atoms with Gasteiger partial charge in [0.05, 0.1) is 43.5 Å². The number of hydrogen-bond donors (Lipinski definition) is 2. The molecule has 10 nitrogen and oxygen atoms in total. The minimum atomic E-state index is -1.57. The largest absolute Gasteiger partial charge is 0.511 e. The summed E-state index contributed by atoms with van der Waals surface area (Å²) in [6, 6.07) is 6.50. The molecule has 0 fully saturated rings. The molecule has 0 radical (unpaired) electrons. The van der Waals surface area contributed by atoms with Gasteiger partial charge in [-0.3, -0.25) is 9.59 Å². The van der Waals surface area contributed by atoms with Crippen LogP contribution < -0.4 is 0 Å². The topological polar surface area (TPSA) is 146 Å². The highest BCUT2D eigenvalue weighted by Crippen LogP contribution is 2.54. The van der Waals surface area contributed by atoms with Gasteiger partial charge < -0.3 is 29.2 Å². The van der Waals surface area contributed by atoms with Gasteiger partial charge in [-0.15, -0.1) is 0 Å². The highest BCUT2D eigenvalue weighted by atomic mass is 16.5. The molecule has 0 amide bonds. The first-order chi connectivity index (χ1) is 17.7. The Morgan fingerprint density at radius 1 is 0.703 bits per heavy atom. The molecule has 4 atom stereocenters. The third kappa shape index (κ3) is 5.05. The lowest BCUT2D eigenvalue weighted by atomic mass is 9.74. The molecule has 0 saturated heterocycles. The van der Waals surface area contributed by atoms with Gasteiger partial charge in [0.15, 0.2) is 0 Å². The van der Waals surface area contributed by atoms with E-state index >= 15 is 0 Å². The highest BCUT2D eigenvalue weighted by Gasteiger charge is 2.56. The second-order valence-corrected chi connectivity index (χ2v) is 8.50. The predicted molar refractivity (Wildman–Crippen MR) is 129 cm³/mol. The number of aliphatic hydroxyl groups excluding tert-OH is 2. The maximum atomic E-state index is 13.4. The Kier molecular flexibility index (Phi) is 8.96. The van der Waals surface area contributed by atoms with Crippen molar-refractivity contribution in [3.8, 4) is 0 Å². The number of esters is 4. The van der Waals surface area contributed by atoms with E-state index in [2.05, 4.69) is 0 Å². The summed E-state index contributed by atoms with van der Waals surface area (Å²) in [6.07, 6.45) is 0.474. The van der Waals surface area contributed by atoms with Crippen molar-refractivity contribution in [1.82, 2.24) is 0 Å². The van der Waals surface area contributed by atoms with Gasteiger partial charge >= 0.3 is 23.9 Å². The SMILES string of the molecule is CCCOC(=O)C1=C(O)[C@H](C(=O)OCC)[C@H]2c3ccccc3[C@H]1C(C(=O)OCC)=C(O)[C@@H]2C(=O)OCC. The highest BCUT2D eigenvalue weighted by molar-refractivity contribution is 6.01. The van der Waals surface area contributed by atoms with Crippen LogP contribution in [0.25, 0.3) is 0 Å². The van der Waals surface area contributed by atoms with E-state index in [0.717, 1.165) is 0 Å². The summed E-state index contributed by atoms with van der Waals surface area (Å²) < 4.78 is 21.0. The van der Waals surface area contributed by atoms with Crippen LogP contribution in [0.2, 0.25) is 0 Å². The molecule has 2 N–H and O–H groups in total. The van der Waals surface area contributed by atoms with Gasteiger partial charge in [0.2, 0.25) is 0 Å². The van der Waals surface area contributed by atoms with E-state index in [1.807, 2.05) is 0 Å². The van der Waals surface area contributed by atoms with Crippen LogP contribution in [0.3, 0.4) is 0 Å². The average Bonchev–Trinajstić information content (AvgIpc) is 3.03. The molecule has 0 aromatic heterocycles. The maximum Gasteiger partial charge on any atom is 0.338 e. The smallest absolute Gasteiger partial charge is 0.338 e. The van der Waals surface area contributed by atoms with Crippen LogP contribution >= 0.6 is 0 Å². The van der Waals surface area contributed by atoms with Crippen molar-refractivity contribution >= 4 is 23.9 Å². The van der Waals surface area contributed by atoms with Crippen molar-refractivity contribution in [2.45, 2.75) is 46.0 Å². The van der Waals surface area contributed by atoms with Crippen molar-refractivity contribution in [3.63, 3.8) is 0 Å². The molecule has 0 heterocycles. The Bertz CT molecular complexity index is 1130. The minimum absolute atomic E-state index is 0.00731. The molecule has 1 aromatic rings. The van der Waals surface area contributed by atoms with E-state index in [1.54, 1.807) is 52.0 Å². The van der Waals surface area contributed by atoms with E-state index in [-0.39, 0.29) is 26.4 Å². The van der Waals surface area contributed by atoms with Gasteiger partial charge in [-0.1, -0.05) is 31.2 Å². The lowest BCUT2D eigenvalue weighted by Gasteiger charge is -2.32. The van der Waals surface area contributed by atoms with Crippen molar-refractivity contribution < 1.29 is 48.3 Å². The van der Waals surface area contributed by atoms with Crippen molar-refractivity contribution in [2.24, 2.45) is 11.8 Å². The molecule has 10 heteroatoms. The van der Waals surface area contributed by atoms with Gasteiger partial charge in [-0.05, 0) is 38.3 Å². The number of rotatable bonds is 9. The lowest BCUT2D eigenvalue weighted by Crippen LogP contribution is -2.38. The van der Waals surface area contributed by atoms with Crippen molar-refractivity contribution in [3.05, 3.63) is 58.1 Å². The first-order valence-corrected chi connectivity index (χ1v) is 12.4. The molecule has 37 heavy (non-hydrogen) atoms. The Hall–Kier alpha value is -3.82. The molecule has 200 valence electrons. The van der Waals surface area contributed by atoms with Crippen LogP contribution in [0, 0.1) is 11.8 Å². The quantitative estimate of drug-likeness (QED) is 0.370. The average molecular weight is 517 g/mol. The first kappa shape index (κ1) is 27.8. The van der Waals surface area contributed by atoms with Crippen LogP contribution in [0.15, 0.2) is 46.9 Å². The molecule has 1 aromatic carbocycles.